The van der Waals surface area contributed by atoms with Crippen LogP contribution in [0.2, 0.25) is 0 Å². The number of nitrogens with one attached hydrogen (secondary N) is 1. The summed E-state index contributed by atoms with van der Waals surface area (Å²) < 4.78 is 2.14. The third-order valence-corrected chi connectivity index (χ3v) is 6.16. The summed E-state index contributed by atoms with van der Waals surface area (Å²) >= 11 is 1.41. The first kappa shape index (κ1) is 20.3. The summed E-state index contributed by atoms with van der Waals surface area (Å²) in [6.45, 7) is 4.08. The van der Waals surface area contributed by atoms with Gasteiger partial charge in [-0.15, -0.1) is 10.2 Å². The number of amides is 1. The van der Waals surface area contributed by atoms with Crippen molar-refractivity contribution >= 4 is 29.1 Å². The van der Waals surface area contributed by atoms with E-state index in [1.165, 1.54) is 24.2 Å². The first-order valence-electron chi connectivity index (χ1n) is 10.1. The van der Waals surface area contributed by atoms with Gasteiger partial charge < -0.3 is 9.88 Å². The van der Waals surface area contributed by atoms with Crippen LogP contribution in [0.3, 0.4) is 0 Å². The van der Waals surface area contributed by atoms with E-state index in [0.717, 1.165) is 23.8 Å². The third-order valence-electron chi connectivity index (χ3n) is 5.08. The van der Waals surface area contributed by atoms with Crippen LogP contribution in [0, 0.1) is 0 Å². The minimum absolute atomic E-state index is 0.000944. The Balaban J connectivity index is 1.46. The third kappa shape index (κ3) is 4.79. The van der Waals surface area contributed by atoms with Gasteiger partial charge in [-0.05, 0) is 56.5 Å². The molecule has 30 heavy (non-hydrogen) atoms. The van der Waals surface area contributed by atoms with Gasteiger partial charge in [0.2, 0.25) is 5.91 Å². The van der Waals surface area contributed by atoms with Crippen LogP contribution in [-0.4, -0.2) is 31.7 Å². The van der Waals surface area contributed by atoms with Crippen molar-refractivity contribution in [3.63, 3.8) is 0 Å². The number of rotatable bonds is 8. The van der Waals surface area contributed by atoms with E-state index in [-0.39, 0.29) is 16.9 Å². The Morgan fingerprint density at radius 1 is 1.10 bits per heavy atom. The molecule has 1 N–H and O–H groups in total. The smallest absolute Gasteiger partial charge is 0.237 e. The molecule has 0 bridgehead atoms. The quantitative estimate of drug-likeness (QED) is 0.428. The van der Waals surface area contributed by atoms with E-state index >= 15 is 0 Å². The normalized spacial score (nSPS) is 14.3. The number of Topliss-reactive ketones (excluding diaryl/α,β-unsaturated/α-hetero) is 1. The van der Waals surface area contributed by atoms with Crippen molar-refractivity contribution in [3.8, 4) is 0 Å². The molecule has 0 aliphatic heterocycles. The van der Waals surface area contributed by atoms with Crippen LogP contribution in [0.15, 0.2) is 59.8 Å². The number of carbonyl (C=O) groups excluding carboxylic acids is 2. The second-order valence-corrected chi connectivity index (χ2v) is 8.88. The Kier molecular flexibility index (Phi) is 5.99. The molecule has 1 aliphatic rings. The maximum absolute atomic E-state index is 12.7. The maximum Gasteiger partial charge on any atom is 0.237 e. The summed E-state index contributed by atoms with van der Waals surface area (Å²) in [5, 5.41) is 12.1. The zero-order valence-electron chi connectivity index (χ0n) is 17.0. The van der Waals surface area contributed by atoms with E-state index in [9.17, 15) is 9.59 Å². The van der Waals surface area contributed by atoms with Crippen molar-refractivity contribution in [2.75, 3.05) is 5.32 Å². The highest BCUT2D eigenvalue weighted by Gasteiger charge is 2.31. The number of thioether (sulfide) groups is 1. The molecular weight excluding hydrogens is 396 g/mol. The van der Waals surface area contributed by atoms with Crippen molar-refractivity contribution in [2.24, 2.45) is 0 Å². The number of anilines is 1. The van der Waals surface area contributed by atoms with E-state index in [2.05, 4.69) is 32.2 Å². The molecule has 0 saturated heterocycles. The number of carbonyl (C=O) groups is 2. The van der Waals surface area contributed by atoms with Gasteiger partial charge >= 0.3 is 0 Å². The lowest BCUT2D eigenvalue weighted by Crippen LogP contribution is -2.23. The summed E-state index contributed by atoms with van der Waals surface area (Å²) in [5.41, 5.74) is 2.47. The molecule has 1 aliphatic carbocycles. The average molecular weight is 421 g/mol. The first-order chi connectivity index (χ1) is 14.5. The standard InChI is InChI=1S/C23H24N4O2S/c1-15(28)18-10-12-20(13-11-18)24-22(29)16(2)30-23-26-25-21(19-8-9-19)27(23)14-17-6-4-3-5-7-17/h3-7,10-13,16,19H,8-9,14H2,1-2H3,(H,24,29)/t16-/m0/s1. The number of ketones is 1. The van der Waals surface area contributed by atoms with Gasteiger partial charge in [-0.25, -0.2) is 0 Å². The number of aromatic nitrogens is 3. The highest BCUT2D eigenvalue weighted by atomic mass is 32.2. The van der Waals surface area contributed by atoms with Gasteiger partial charge in [0.25, 0.3) is 0 Å². The van der Waals surface area contributed by atoms with Crippen LogP contribution in [0.4, 0.5) is 5.69 Å². The van der Waals surface area contributed by atoms with Crippen LogP contribution in [0.25, 0.3) is 0 Å². The summed E-state index contributed by atoms with van der Waals surface area (Å²) in [6, 6.07) is 17.2. The van der Waals surface area contributed by atoms with E-state index in [0.29, 0.717) is 23.7 Å². The molecule has 3 aromatic rings. The molecule has 2 aromatic carbocycles. The minimum Gasteiger partial charge on any atom is -0.325 e. The second-order valence-electron chi connectivity index (χ2n) is 7.57. The molecule has 1 amide bonds. The predicted octanol–water partition coefficient (Wildman–Crippen LogP) is 4.53. The second kappa shape index (κ2) is 8.83. The lowest BCUT2D eigenvalue weighted by Gasteiger charge is -2.14. The lowest BCUT2D eigenvalue weighted by molar-refractivity contribution is -0.115. The highest BCUT2D eigenvalue weighted by molar-refractivity contribution is 8.00. The van der Waals surface area contributed by atoms with Crippen molar-refractivity contribution < 1.29 is 9.59 Å². The molecular formula is C23H24N4O2S. The summed E-state index contributed by atoms with van der Waals surface area (Å²) in [5.74, 6) is 1.37. The van der Waals surface area contributed by atoms with Crippen molar-refractivity contribution in [3.05, 3.63) is 71.5 Å². The highest BCUT2D eigenvalue weighted by Crippen LogP contribution is 2.40. The zero-order valence-corrected chi connectivity index (χ0v) is 17.9. The number of nitrogens with zero attached hydrogens (tertiary/aromatic N) is 3. The van der Waals surface area contributed by atoms with Crippen LogP contribution >= 0.6 is 11.8 Å². The molecule has 6 nitrogen and oxygen atoms in total. The maximum atomic E-state index is 12.7. The molecule has 0 radical (unpaired) electrons. The van der Waals surface area contributed by atoms with Crippen molar-refractivity contribution in [1.29, 1.82) is 0 Å². The van der Waals surface area contributed by atoms with E-state index in [4.69, 9.17) is 0 Å². The SMILES string of the molecule is CC(=O)c1ccc(NC(=O)[C@H](C)Sc2nnc(C3CC3)n2Cc2ccccc2)cc1. The fraction of sp³-hybridized carbons (Fsp3) is 0.304. The molecule has 154 valence electrons. The largest absolute Gasteiger partial charge is 0.325 e. The topological polar surface area (TPSA) is 76.9 Å². The van der Waals surface area contributed by atoms with E-state index in [1.807, 2.05) is 25.1 Å². The van der Waals surface area contributed by atoms with Gasteiger partial charge in [0, 0.05) is 17.2 Å². The molecule has 4 rings (SSSR count). The van der Waals surface area contributed by atoms with E-state index < -0.39 is 0 Å². The molecule has 1 fully saturated rings. The average Bonchev–Trinajstić information content (AvgIpc) is 3.52. The molecule has 1 atom stereocenters. The van der Waals surface area contributed by atoms with Gasteiger partial charge in [-0.1, -0.05) is 42.1 Å². The fourth-order valence-electron chi connectivity index (χ4n) is 3.19. The minimum atomic E-state index is -0.344. The Bertz CT molecular complexity index is 1040. The van der Waals surface area contributed by atoms with Gasteiger partial charge in [-0.2, -0.15) is 0 Å². The van der Waals surface area contributed by atoms with Gasteiger partial charge in [0.05, 0.1) is 11.8 Å². The Hall–Kier alpha value is -2.93. The van der Waals surface area contributed by atoms with Gasteiger partial charge in [-0.3, -0.25) is 9.59 Å². The molecule has 1 aromatic heterocycles. The van der Waals surface area contributed by atoms with Crippen LogP contribution in [0.5, 0.6) is 0 Å². The lowest BCUT2D eigenvalue weighted by atomic mass is 10.1. The first-order valence-corrected chi connectivity index (χ1v) is 10.9. The monoisotopic (exact) mass is 420 g/mol. The summed E-state index contributed by atoms with van der Waals surface area (Å²) in [6.07, 6.45) is 2.29. The van der Waals surface area contributed by atoms with Crippen LogP contribution in [-0.2, 0) is 11.3 Å². The molecule has 1 heterocycles. The van der Waals surface area contributed by atoms with Crippen molar-refractivity contribution in [2.45, 2.75) is 49.6 Å². The summed E-state index contributed by atoms with van der Waals surface area (Å²) in [7, 11) is 0. The molecule has 1 saturated carbocycles. The fourth-order valence-corrected chi connectivity index (χ4v) is 4.04. The Morgan fingerprint density at radius 3 is 2.43 bits per heavy atom. The Morgan fingerprint density at radius 2 is 1.80 bits per heavy atom. The Labute approximate surface area is 180 Å². The van der Waals surface area contributed by atoms with Crippen molar-refractivity contribution in [1.82, 2.24) is 14.8 Å². The molecule has 0 spiro atoms. The molecule has 0 unspecified atom stereocenters. The zero-order chi connectivity index (χ0) is 21.1. The number of benzene rings is 2. The summed E-state index contributed by atoms with van der Waals surface area (Å²) in [4.78, 5) is 24.1. The van der Waals surface area contributed by atoms with Gasteiger partial charge in [0.15, 0.2) is 10.9 Å². The number of hydrogen-bond acceptors (Lipinski definition) is 5. The number of hydrogen-bond donors (Lipinski definition) is 1. The van der Waals surface area contributed by atoms with E-state index in [1.54, 1.807) is 24.3 Å². The van der Waals surface area contributed by atoms with Crippen LogP contribution < -0.4 is 5.32 Å². The predicted molar refractivity (Wildman–Crippen MR) is 118 cm³/mol. The van der Waals surface area contributed by atoms with Gasteiger partial charge in [0.1, 0.15) is 5.82 Å². The molecule has 7 heteroatoms. The van der Waals surface area contributed by atoms with Crippen LogP contribution in [0.1, 0.15) is 54.4 Å².